The molecule has 1 aromatic carbocycles. The first kappa shape index (κ1) is 15.0. The molecule has 1 fully saturated rings. The average Bonchev–Trinajstić information content (AvgIpc) is 2.97. The van der Waals surface area contributed by atoms with Crippen molar-refractivity contribution < 1.29 is 9.53 Å². The molecule has 0 unspecified atom stereocenters. The first-order valence-corrected chi connectivity index (χ1v) is 7.55. The second-order valence-corrected chi connectivity index (χ2v) is 5.84. The maximum atomic E-state index is 12.4. The summed E-state index contributed by atoms with van der Waals surface area (Å²) >= 11 is 0. The predicted octanol–water partition coefficient (Wildman–Crippen LogP) is 3.49. The van der Waals surface area contributed by atoms with E-state index in [1.807, 2.05) is 18.2 Å². The minimum atomic E-state index is 0.191. The lowest BCUT2D eigenvalue weighted by Crippen LogP contribution is -2.22. The lowest BCUT2D eigenvalue weighted by Gasteiger charge is -2.15. The third-order valence-electron chi connectivity index (χ3n) is 4.04. The number of carbonyl (C=O) groups excluding carboxylic acids is 1. The summed E-state index contributed by atoms with van der Waals surface area (Å²) in [5, 5.41) is 0. The van der Waals surface area contributed by atoms with Crippen molar-refractivity contribution in [1.29, 1.82) is 0 Å². The first-order chi connectivity index (χ1) is 9.61. The van der Waals surface area contributed by atoms with Gasteiger partial charge in [0.15, 0.2) is 5.78 Å². The Bertz CT molecular complexity index is 462. The minimum absolute atomic E-state index is 0.191. The van der Waals surface area contributed by atoms with Crippen molar-refractivity contribution >= 4 is 5.78 Å². The number of hydrogen-bond acceptors (Lipinski definition) is 3. The molecule has 1 saturated heterocycles. The summed E-state index contributed by atoms with van der Waals surface area (Å²) in [6.07, 6.45) is 3.11. The highest BCUT2D eigenvalue weighted by Crippen LogP contribution is 2.25. The summed E-state index contributed by atoms with van der Waals surface area (Å²) in [6, 6.07) is 5.95. The molecule has 110 valence electrons. The van der Waals surface area contributed by atoms with Crippen molar-refractivity contribution in [3.8, 4) is 5.75 Å². The Hall–Kier alpha value is -1.35. The summed E-state index contributed by atoms with van der Waals surface area (Å²) in [7, 11) is 1.63. The van der Waals surface area contributed by atoms with E-state index in [1.54, 1.807) is 7.11 Å². The van der Waals surface area contributed by atoms with Gasteiger partial charge in [-0.3, -0.25) is 4.79 Å². The molecule has 0 N–H and O–H groups in total. The molecular formula is C17H25NO2. The monoisotopic (exact) mass is 275 g/mol. The maximum Gasteiger partial charge on any atom is 0.167 e. The van der Waals surface area contributed by atoms with Crippen LogP contribution in [0.4, 0.5) is 0 Å². The Morgan fingerprint density at radius 2 is 2.00 bits per heavy atom. The lowest BCUT2D eigenvalue weighted by atomic mass is 9.97. The number of nitrogens with zero attached hydrogens (tertiary/aromatic N) is 1. The molecule has 0 amide bonds. The summed E-state index contributed by atoms with van der Waals surface area (Å²) < 4.78 is 5.34. The highest BCUT2D eigenvalue weighted by molar-refractivity contribution is 5.99. The fourth-order valence-corrected chi connectivity index (χ4v) is 2.70. The van der Waals surface area contributed by atoms with Crippen LogP contribution in [0, 0.1) is 0 Å². The molecule has 0 saturated carbocycles. The topological polar surface area (TPSA) is 29.5 Å². The molecular weight excluding hydrogens is 250 g/mol. The fraction of sp³-hybridized carbons (Fsp3) is 0.588. The van der Waals surface area contributed by atoms with E-state index < -0.39 is 0 Å². The Morgan fingerprint density at radius 1 is 1.30 bits per heavy atom. The summed E-state index contributed by atoms with van der Waals surface area (Å²) in [4.78, 5) is 14.8. The second kappa shape index (κ2) is 6.89. The maximum absolute atomic E-state index is 12.4. The van der Waals surface area contributed by atoms with Crippen LogP contribution in [0.25, 0.3) is 0 Å². The van der Waals surface area contributed by atoms with Crippen LogP contribution < -0.4 is 4.74 Å². The van der Waals surface area contributed by atoms with Gasteiger partial charge < -0.3 is 9.64 Å². The van der Waals surface area contributed by atoms with Crippen LogP contribution in [0.3, 0.4) is 0 Å². The third-order valence-corrected chi connectivity index (χ3v) is 4.04. The van der Waals surface area contributed by atoms with Gasteiger partial charge in [-0.05, 0) is 49.5 Å². The summed E-state index contributed by atoms with van der Waals surface area (Å²) in [5.41, 5.74) is 1.92. The normalized spacial score (nSPS) is 15.8. The van der Waals surface area contributed by atoms with E-state index in [2.05, 4.69) is 18.7 Å². The fourth-order valence-electron chi connectivity index (χ4n) is 2.70. The molecule has 0 atom stereocenters. The van der Waals surface area contributed by atoms with E-state index in [9.17, 15) is 4.79 Å². The molecule has 2 rings (SSSR count). The molecule has 20 heavy (non-hydrogen) atoms. The van der Waals surface area contributed by atoms with E-state index in [1.165, 1.54) is 18.4 Å². The number of hydrogen-bond donors (Lipinski definition) is 0. The zero-order valence-electron chi connectivity index (χ0n) is 12.8. The predicted molar refractivity (Wildman–Crippen MR) is 81.7 cm³/mol. The highest BCUT2D eigenvalue weighted by Gasteiger charge is 2.17. The molecule has 0 aliphatic carbocycles. The molecule has 0 bridgehead atoms. The van der Waals surface area contributed by atoms with Crippen molar-refractivity contribution in [2.24, 2.45) is 0 Å². The molecule has 1 aromatic rings. The molecule has 1 heterocycles. The van der Waals surface area contributed by atoms with Gasteiger partial charge in [0, 0.05) is 13.0 Å². The zero-order valence-corrected chi connectivity index (χ0v) is 12.8. The number of Topliss-reactive ketones (excluding diaryl/α,β-unsaturated/α-hetero) is 1. The third kappa shape index (κ3) is 3.60. The number of benzene rings is 1. The number of carbonyl (C=O) groups is 1. The Morgan fingerprint density at radius 3 is 2.60 bits per heavy atom. The van der Waals surface area contributed by atoms with Crippen molar-refractivity contribution in [3.05, 3.63) is 29.3 Å². The Balaban J connectivity index is 2.08. The van der Waals surface area contributed by atoms with Crippen LogP contribution >= 0.6 is 0 Å². The summed E-state index contributed by atoms with van der Waals surface area (Å²) in [6.45, 7) is 7.42. The lowest BCUT2D eigenvalue weighted by molar-refractivity contribution is 0.0966. The van der Waals surface area contributed by atoms with Crippen LogP contribution in [0.15, 0.2) is 18.2 Å². The van der Waals surface area contributed by atoms with E-state index in [-0.39, 0.29) is 5.78 Å². The van der Waals surface area contributed by atoms with Gasteiger partial charge in [0.2, 0.25) is 0 Å². The van der Waals surface area contributed by atoms with Gasteiger partial charge in [-0.15, -0.1) is 0 Å². The van der Waals surface area contributed by atoms with Crippen molar-refractivity contribution in [2.45, 2.75) is 39.0 Å². The second-order valence-electron chi connectivity index (χ2n) is 5.84. The molecule has 0 spiro atoms. The number of ketones is 1. The van der Waals surface area contributed by atoms with Crippen LogP contribution in [0.5, 0.6) is 5.75 Å². The Labute approximate surface area is 121 Å². The van der Waals surface area contributed by atoms with Crippen molar-refractivity contribution in [2.75, 3.05) is 26.7 Å². The number of rotatable bonds is 6. The number of likely N-dealkylation sites (tertiary alicyclic amines) is 1. The molecule has 0 radical (unpaired) electrons. The zero-order chi connectivity index (χ0) is 14.5. The van der Waals surface area contributed by atoms with Gasteiger partial charge in [-0.1, -0.05) is 19.9 Å². The smallest absolute Gasteiger partial charge is 0.167 e. The minimum Gasteiger partial charge on any atom is -0.496 e. The standard InChI is InChI=1S/C17H25NO2/c1-13(2)14-6-7-17(20-3)15(12-14)16(19)8-11-18-9-4-5-10-18/h6-7,12-13H,4-5,8-11H2,1-3H3. The van der Waals surface area contributed by atoms with E-state index in [4.69, 9.17) is 4.74 Å². The molecule has 0 aromatic heterocycles. The molecule has 3 heteroatoms. The quantitative estimate of drug-likeness (QED) is 0.744. The van der Waals surface area contributed by atoms with Gasteiger partial charge in [-0.25, -0.2) is 0 Å². The van der Waals surface area contributed by atoms with Crippen LogP contribution in [-0.4, -0.2) is 37.4 Å². The molecule has 1 aliphatic heterocycles. The summed E-state index contributed by atoms with van der Waals surface area (Å²) in [5.74, 6) is 1.31. The van der Waals surface area contributed by atoms with Gasteiger partial charge >= 0.3 is 0 Å². The van der Waals surface area contributed by atoms with Crippen LogP contribution in [-0.2, 0) is 0 Å². The first-order valence-electron chi connectivity index (χ1n) is 7.55. The number of ether oxygens (including phenoxy) is 1. The van der Waals surface area contributed by atoms with Crippen LogP contribution in [0.2, 0.25) is 0 Å². The van der Waals surface area contributed by atoms with E-state index >= 15 is 0 Å². The number of methoxy groups -OCH3 is 1. The van der Waals surface area contributed by atoms with Crippen LogP contribution in [0.1, 0.15) is 54.9 Å². The van der Waals surface area contributed by atoms with Crippen molar-refractivity contribution in [1.82, 2.24) is 4.90 Å². The van der Waals surface area contributed by atoms with Gasteiger partial charge in [-0.2, -0.15) is 0 Å². The average molecular weight is 275 g/mol. The van der Waals surface area contributed by atoms with Gasteiger partial charge in [0.25, 0.3) is 0 Å². The molecule has 1 aliphatic rings. The molecule has 3 nitrogen and oxygen atoms in total. The Kier molecular flexibility index (Phi) is 5.18. The van der Waals surface area contributed by atoms with E-state index in [0.29, 0.717) is 18.1 Å². The van der Waals surface area contributed by atoms with Gasteiger partial charge in [0.1, 0.15) is 5.75 Å². The highest BCUT2D eigenvalue weighted by atomic mass is 16.5. The van der Waals surface area contributed by atoms with E-state index in [0.717, 1.165) is 25.2 Å². The van der Waals surface area contributed by atoms with Crippen molar-refractivity contribution in [3.63, 3.8) is 0 Å². The van der Waals surface area contributed by atoms with Gasteiger partial charge in [0.05, 0.1) is 12.7 Å². The SMILES string of the molecule is COc1ccc(C(C)C)cc1C(=O)CCN1CCCC1. The largest absolute Gasteiger partial charge is 0.496 e.